The second kappa shape index (κ2) is 9.07. The lowest BCUT2D eigenvalue weighted by molar-refractivity contribution is -0.115. The van der Waals surface area contributed by atoms with Crippen LogP contribution in [0.5, 0.6) is 5.88 Å². The highest BCUT2D eigenvalue weighted by Gasteiger charge is 2.19. The maximum Gasteiger partial charge on any atom is 0.279 e. The van der Waals surface area contributed by atoms with E-state index in [1.54, 1.807) is 4.90 Å². The largest absolute Gasteiger partial charge is 0.492 e. The van der Waals surface area contributed by atoms with E-state index in [0.717, 1.165) is 11.8 Å². The number of thioether (sulfide) groups is 1. The van der Waals surface area contributed by atoms with Crippen LogP contribution in [0.15, 0.2) is 70.6 Å². The predicted molar refractivity (Wildman–Crippen MR) is 112 cm³/mol. The van der Waals surface area contributed by atoms with E-state index < -0.39 is 17.3 Å². The summed E-state index contributed by atoms with van der Waals surface area (Å²) in [5.74, 6) is -1.39. The highest BCUT2D eigenvalue weighted by Crippen LogP contribution is 2.27. The monoisotopic (exact) mass is 410 g/mol. The molecular weight excluding hydrogens is 392 g/mol. The molecule has 3 aromatic rings. The van der Waals surface area contributed by atoms with Crippen LogP contribution < -0.4 is 15.8 Å². The summed E-state index contributed by atoms with van der Waals surface area (Å²) in [7, 11) is 0. The molecule has 2 aromatic carbocycles. The Kier molecular flexibility index (Phi) is 6.30. The van der Waals surface area contributed by atoms with Gasteiger partial charge in [-0.25, -0.2) is 0 Å². The summed E-state index contributed by atoms with van der Waals surface area (Å²) in [5.41, 5.74) is 0.373. The first-order valence-corrected chi connectivity index (χ1v) is 9.61. The molecule has 3 N–H and O–H groups in total. The zero-order chi connectivity index (χ0) is 20.8. The Labute approximate surface area is 170 Å². The van der Waals surface area contributed by atoms with Crippen LogP contribution in [0.3, 0.4) is 0 Å². The summed E-state index contributed by atoms with van der Waals surface area (Å²) in [5, 5.41) is 12.2. The normalized spacial score (nSPS) is 10.4. The van der Waals surface area contributed by atoms with Crippen molar-refractivity contribution in [2.45, 2.75) is 12.1 Å². The highest BCUT2D eigenvalue weighted by molar-refractivity contribution is 7.99. The molecule has 29 heavy (non-hydrogen) atoms. The van der Waals surface area contributed by atoms with Crippen molar-refractivity contribution in [2.75, 3.05) is 16.0 Å². The van der Waals surface area contributed by atoms with Gasteiger partial charge in [0.15, 0.2) is 10.8 Å². The molecular formula is C20H18N4O4S. The minimum atomic E-state index is -0.703. The SMILES string of the molecule is CC(=O)Nc1c(O)nc(SCC(=O)N(c2ccccc2)c2ccccc2)[nH]c1=O. The number of benzene rings is 2. The number of nitrogens with zero attached hydrogens (tertiary/aromatic N) is 2. The van der Waals surface area contributed by atoms with Gasteiger partial charge in [-0.3, -0.25) is 24.3 Å². The van der Waals surface area contributed by atoms with Gasteiger partial charge in [0.2, 0.25) is 17.7 Å². The van der Waals surface area contributed by atoms with E-state index in [9.17, 15) is 19.5 Å². The van der Waals surface area contributed by atoms with Crippen LogP contribution >= 0.6 is 11.8 Å². The van der Waals surface area contributed by atoms with Gasteiger partial charge in [0.05, 0.1) is 5.75 Å². The molecule has 3 rings (SSSR count). The molecule has 0 spiro atoms. The summed E-state index contributed by atoms with van der Waals surface area (Å²) < 4.78 is 0. The molecule has 0 saturated heterocycles. The summed E-state index contributed by atoms with van der Waals surface area (Å²) in [6.07, 6.45) is 0. The van der Waals surface area contributed by atoms with E-state index in [0.29, 0.717) is 11.4 Å². The minimum absolute atomic E-state index is 0.0361. The van der Waals surface area contributed by atoms with Crippen molar-refractivity contribution in [3.8, 4) is 5.88 Å². The lowest BCUT2D eigenvalue weighted by atomic mass is 10.2. The minimum Gasteiger partial charge on any atom is -0.492 e. The van der Waals surface area contributed by atoms with Crippen LogP contribution in [0.2, 0.25) is 0 Å². The van der Waals surface area contributed by atoms with Crippen LogP contribution in [-0.4, -0.2) is 32.6 Å². The summed E-state index contributed by atoms with van der Waals surface area (Å²) in [6.45, 7) is 1.21. The Bertz CT molecular complexity index is 1030. The van der Waals surface area contributed by atoms with Gasteiger partial charge in [0.25, 0.3) is 5.56 Å². The maximum atomic E-state index is 13.0. The third-order valence-corrected chi connectivity index (χ3v) is 4.65. The lowest BCUT2D eigenvalue weighted by Crippen LogP contribution is -2.27. The second-order valence-electron chi connectivity index (χ2n) is 5.94. The fourth-order valence-electron chi connectivity index (χ4n) is 2.58. The third-order valence-electron chi connectivity index (χ3n) is 3.79. The van der Waals surface area contributed by atoms with Crippen molar-refractivity contribution in [3.63, 3.8) is 0 Å². The second-order valence-corrected chi connectivity index (χ2v) is 6.90. The number of aromatic hydroxyl groups is 1. The van der Waals surface area contributed by atoms with E-state index in [2.05, 4.69) is 15.3 Å². The molecule has 0 bridgehead atoms. The Hall–Kier alpha value is -3.59. The molecule has 0 aliphatic heterocycles. The molecule has 0 fully saturated rings. The topological polar surface area (TPSA) is 115 Å². The van der Waals surface area contributed by atoms with E-state index in [-0.39, 0.29) is 22.5 Å². The number of rotatable bonds is 6. The number of amides is 2. The van der Waals surface area contributed by atoms with Crippen LogP contribution in [0, 0.1) is 0 Å². The number of carbonyl (C=O) groups excluding carboxylic acids is 2. The lowest BCUT2D eigenvalue weighted by Gasteiger charge is -2.22. The van der Waals surface area contributed by atoms with Crippen LogP contribution in [0.1, 0.15) is 6.92 Å². The molecule has 0 unspecified atom stereocenters. The van der Waals surface area contributed by atoms with Gasteiger partial charge in [0.1, 0.15) is 0 Å². The first-order valence-electron chi connectivity index (χ1n) is 8.62. The Morgan fingerprint density at radius 3 is 2.10 bits per heavy atom. The quantitative estimate of drug-likeness (QED) is 0.425. The van der Waals surface area contributed by atoms with Crippen molar-refractivity contribution in [1.82, 2.24) is 9.97 Å². The van der Waals surface area contributed by atoms with E-state index >= 15 is 0 Å². The van der Waals surface area contributed by atoms with Gasteiger partial charge in [0, 0.05) is 18.3 Å². The van der Waals surface area contributed by atoms with Gasteiger partial charge in [-0.1, -0.05) is 48.2 Å². The number of aromatic amines is 1. The standard InChI is InChI=1S/C20H18N4O4S/c1-13(25)21-17-18(27)22-20(23-19(17)28)29-12-16(26)24(14-8-4-2-5-9-14)15-10-6-3-7-11-15/h2-11H,12H2,1H3,(H,21,25)(H2,22,23,27,28). The van der Waals surface area contributed by atoms with Crippen molar-refractivity contribution < 1.29 is 14.7 Å². The van der Waals surface area contributed by atoms with Gasteiger partial charge in [-0.2, -0.15) is 4.98 Å². The number of hydrogen-bond acceptors (Lipinski definition) is 6. The Balaban J connectivity index is 1.81. The predicted octanol–water partition coefficient (Wildman–Crippen LogP) is 2.89. The molecule has 0 aliphatic carbocycles. The van der Waals surface area contributed by atoms with Gasteiger partial charge >= 0.3 is 0 Å². The molecule has 2 amide bonds. The van der Waals surface area contributed by atoms with Crippen LogP contribution in [-0.2, 0) is 9.59 Å². The van der Waals surface area contributed by atoms with E-state index in [1.807, 2.05) is 60.7 Å². The average Bonchev–Trinajstić information content (AvgIpc) is 2.71. The maximum absolute atomic E-state index is 13.0. The van der Waals surface area contributed by atoms with Gasteiger partial charge in [-0.15, -0.1) is 0 Å². The first-order chi connectivity index (χ1) is 14.0. The van der Waals surface area contributed by atoms with Crippen molar-refractivity contribution in [1.29, 1.82) is 0 Å². The average molecular weight is 410 g/mol. The molecule has 1 heterocycles. The molecule has 8 nitrogen and oxygen atoms in total. The Morgan fingerprint density at radius 1 is 1.07 bits per heavy atom. The summed E-state index contributed by atoms with van der Waals surface area (Å²) in [6, 6.07) is 18.4. The number of nitrogens with one attached hydrogen (secondary N) is 2. The van der Waals surface area contributed by atoms with Crippen LogP contribution in [0.25, 0.3) is 0 Å². The molecule has 0 atom stereocenters. The fraction of sp³-hybridized carbons (Fsp3) is 0.100. The molecule has 0 radical (unpaired) electrons. The molecule has 0 saturated carbocycles. The smallest absolute Gasteiger partial charge is 0.279 e. The molecule has 148 valence electrons. The summed E-state index contributed by atoms with van der Waals surface area (Å²) in [4.78, 5) is 44.0. The highest BCUT2D eigenvalue weighted by atomic mass is 32.2. The van der Waals surface area contributed by atoms with Crippen molar-refractivity contribution >= 4 is 40.6 Å². The number of carbonyl (C=O) groups is 2. The third kappa shape index (κ3) is 5.02. The number of anilines is 3. The fourth-order valence-corrected chi connectivity index (χ4v) is 3.29. The number of aromatic nitrogens is 2. The number of hydrogen-bond donors (Lipinski definition) is 3. The van der Waals surface area contributed by atoms with Crippen LogP contribution in [0.4, 0.5) is 17.1 Å². The van der Waals surface area contributed by atoms with E-state index in [4.69, 9.17) is 0 Å². The van der Waals surface area contributed by atoms with Crippen molar-refractivity contribution in [3.05, 3.63) is 71.0 Å². The van der Waals surface area contributed by atoms with Crippen molar-refractivity contribution in [2.24, 2.45) is 0 Å². The Morgan fingerprint density at radius 2 is 1.62 bits per heavy atom. The summed E-state index contributed by atoms with van der Waals surface area (Å²) >= 11 is 0.972. The van der Waals surface area contributed by atoms with E-state index in [1.165, 1.54) is 6.92 Å². The number of para-hydroxylation sites is 2. The molecule has 9 heteroatoms. The molecule has 0 aliphatic rings. The zero-order valence-corrected chi connectivity index (χ0v) is 16.3. The first kappa shape index (κ1) is 20.2. The molecule has 1 aromatic heterocycles. The van der Waals surface area contributed by atoms with Gasteiger partial charge in [-0.05, 0) is 24.3 Å². The van der Waals surface area contributed by atoms with Gasteiger partial charge < -0.3 is 10.4 Å². The number of H-pyrrole nitrogens is 1. The zero-order valence-electron chi connectivity index (χ0n) is 15.5.